The van der Waals surface area contributed by atoms with Gasteiger partial charge < -0.3 is 4.98 Å². The van der Waals surface area contributed by atoms with E-state index in [-0.39, 0.29) is 5.56 Å². The molecule has 1 aromatic heterocycles. The van der Waals surface area contributed by atoms with Gasteiger partial charge in [-0.15, -0.1) is 11.8 Å². The van der Waals surface area contributed by atoms with Gasteiger partial charge in [0.25, 0.3) is 5.56 Å². The van der Waals surface area contributed by atoms with Crippen molar-refractivity contribution in [3.05, 3.63) is 25.4 Å². The summed E-state index contributed by atoms with van der Waals surface area (Å²) in [5, 5.41) is 1.61. The maximum absolute atomic E-state index is 12.3. The average Bonchev–Trinajstić information content (AvgIpc) is 2.98. The minimum absolute atomic E-state index is 0.0550. The average molecular weight is 436 g/mol. The molecule has 1 saturated heterocycles. The first-order valence-corrected chi connectivity index (χ1v) is 10.7. The van der Waals surface area contributed by atoms with E-state index >= 15 is 0 Å². The summed E-state index contributed by atoms with van der Waals surface area (Å²) in [6.45, 7) is 4.56. The van der Waals surface area contributed by atoms with E-state index in [0.717, 1.165) is 20.8 Å². The van der Waals surface area contributed by atoms with Crippen LogP contribution in [0.5, 0.6) is 0 Å². The van der Waals surface area contributed by atoms with Crippen LogP contribution in [-0.2, 0) is 0 Å². The van der Waals surface area contributed by atoms with Crippen molar-refractivity contribution >= 4 is 46.1 Å². The number of aromatic nitrogens is 2. The Morgan fingerprint density at radius 2 is 1.95 bits per heavy atom. The first-order chi connectivity index (χ1) is 10.1. The van der Waals surface area contributed by atoms with E-state index in [2.05, 4.69) is 41.4 Å². The first-order valence-electron chi connectivity index (χ1n) is 7.63. The SMILES string of the molecule is CC1SCC(c2nc(C3CCCC3)c(I)c(=O)[nH]2)SC1C. The highest BCUT2D eigenvalue weighted by molar-refractivity contribution is 14.1. The molecule has 6 heteroatoms. The van der Waals surface area contributed by atoms with Gasteiger partial charge in [0.2, 0.25) is 0 Å². The minimum atomic E-state index is 0.0550. The predicted octanol–water partition coefficient (Wildman–Crippen LogP) is 4.33. The lowest BCUT2D eigenvalue weighted by atomic mass is 10.0. The van der Waals surface area contributed by atoms with Crippen molar-refractivity contribution in [3.63, 3.8) is 0 Å². The number of nitrogens with one attached hydrogen (secondary N) is 1. The zero-order chi connectivity index (χ0) is 15.0. The second-order valence-corrected chi connectivity index (χ2v) is 10.1. The molecule has 21 heavy (non-hydrogen) atoms. The van der Waals surface area contributed by atoms with Crippen LogP contribution in [-0.4, -0.2) is 26.2 Å². The summed E-state index contributed by atoms with van der Waals surface area (Å²) in [7, 11) is 0. The van der Waals surface area contributed by atoms with Crippen molar-refractivity contribution in [1.82, 2.24) is 9.97 Å². The Hall–Kier alpha value is 0.310. The summed E-state index contributed by atoms with van der Waals surface area (Å²) in [5.41, 5.74) is 1.11. The molecule has 2 heterocycles. The van der Waals surface area contributed by atoms with Gasteiger partial charge in [-0.1, -0.05) is 26.7 Å². The van der Waals surface area contributed by atoms with Crippen molar-refractivity contribution < 1.29 is 0 Å². The van der Waals surface area contributed by atoms with E-state index in [4.69, 9.17) is 4.98 Å². The maximum Gasteiger partial charge on any atom is 0.264 e. The Morgan fingerprint density at radius 1 is 1.24 bits per heavy atom. The van der Waals surface area contributed by atoms with E-state index in [1.54, 1.807) is 0 Å². The molecule has 0 bridgehead atoms. The van der Waals surface area contributed by atoms with Crippen molar-refractivity contribution in [2.45, 2.75) is 61.2 Å². The molecule has 1 aliphatic heterocycles. The fraction of sp³-hybridized carbons (Fsp3) is 0.733. The Balaban J connectivity index is 1.90. The zero-order valence-electron chi connectivity index (χ0n) is 12.4. The molecule has 116 valence electrons. The summed E-state index contributed by atoms with van der Waals surface area (Å²) in [4.78, 5) is 20.2. The molecule has 0 radical (unpaired) electrons. The largest absolute Gasteiger partial charge is 0.309 e. The highest BCUT2D eigenvalue weighted by Gasteiger charge is 2.30. The number of rotatable bonds is 2. The lowest BCUT2D eigenvalue weighted by Crippen LogP contribution is -2.26. The fourth-order valence-corrected chi connectivity index (χ4v) is 6.60. The molecule has 1 aliphatic carbocycles. The standard InChI is InChI=1S/C15H21IN2OS2/c1-8-9(2)21-11(7-20-8)14-17-13(10-5-3-4-6-10)12(16)15(19)18-14/h8-11H,3-7H2,1-2H3,(H,17,18,19). The lowest BCUT2D eigenvalue weighted by molar-refractivity contribution is 0.673. The minimum Gasteiger partial charge on any atom is -0.309 e. The van der Waals surface area contributed by atoms with Gasteiger partial charge >= 0.3 is 0 Å². The number of hydrogen-bond acceptors (Lipinski definition) is 4. The molecule has 3 rings (SSSR count). The van der Waals surface area contributed by atoms with Crippen molar-refractivity contribution in [2.24, 2.45) is 0 Å². The molecule has 1 N–H and O–H groups in total. The van der Waals surface area contributed by atoms with Crippen LogP contribution >= 0.6 is 46.1 Å². The molecule has 0 spiro atoms. The number of aromatic amines is 1. The van der Waals surface area contributed by atoms with E-state index in [1.807, 2.05) is 23.5 Å². The molecule has 1 saturated carbocycles. The predicted molar refractivity (Wildman–Crippen MR) is 100 cm³/mol. The van der Waals surface area contributed by atoms with E-state index < -0.39 is 0 Å². The number of nitrogens with zero attached hydrogens (tertiary/aromatic N) is 1. The number of halogens is 1. The zero-order valence-corrected chi connectivity index (χ0v) is 16.2. The first kappa shape index (κ1) is 16.2. The summed E-state index contributed by atoms with van der Waals surface area (Å²) >= 11 is 6.12. The van der Waals surface area contributed by atoms with Crippen LogP contribution in [0.25, 0.3) is 0 Å². The van der Waals surface area contributed by atoms with Gasteiger partial charge in [-0.05, 0) is 35.4 Å². The number of thioether (sulfide) groups is 2. The molecule has 3 unspecified atom stereocenters. The molecule has 3 nitrogen and oxygen atoms in total. The lowest BCUT2D eigenvalue weighted by Gasteiger charge is -2.30. The molecule has 0 amide bonds. The van der Waals surface area contributed by atoms with E-state index in [1.165, 1.54) is 25.7 Å². The third-order valence-corrected chi connectivity index (χ3v) is 8.95. The van der Waals surface area contributed by atoms with Crippen LogP contribution in [0.4, 0.5) is 0 Å². The second-order valence-electron chi connectivity index (χ2n) is 6.00. The van der Waals surface area contributed by atoms with Crippen LogP contribution in [0.1, 0.15) is 62.2 Å². The van der Waals surface area contributed by atoms with Crippen molar-refractivity contribution in [2.75, 3.05) is 5.75 Å². The maximum atomic E-state index is 12.3. The Morgan fingerprint density at radius 3 is 2.62 bits per heavy atom. The number of H-pyrrole nitrogens is 1. The molecule has 3 atom stereocenters. The monoisotopic (exact) mass is 436 g/mol. The molecular formula is C15H21IN2OS2. The third-order valence-electron chi connectivity index (χ3n) is 4.50. The topological polar surface area (TPSA) is 45.8 Å². The van der Waals surface area contributed by atoms with Gasteiger partial charge in [0.1, 0.15) is 5.82 Å². The molecule has 1 aromatic rings. The van der Waals surface area contributed by atoms with Gasteiger partial charge in [-0.3, -0.25) is 4.79 Å². The van der Waals surface area contributed by atoms with Crippen LogP contribution in [0.3, 0.4) is 0 Å². The quantitative estimate of drug-likeness (QED) is 0.702. The summed E-state index contributed by atoms with van der Waals surface area (Å²) in [5.74, 6) is 2.44. The van der Waals surface area contributed by atoms with Gasteiger partial charge in [0.05, 0.1) is 14.5 Å². The van der Waals surface area contributed by atoms with Crippen LogP contribution < -0.4 is 5.56 Å². The van der Waals surface area contributed by atoms with Gasteiger partial charge in [0, 0.05) is 22.2 Å². The summed E-state index contributed by atoms with van der Waals surface area (Å²) < 4.78 is 0.804. The Labute approximate surface area is 148 Å². The fourth-order valence-electron chi connectivity index (χ4n) is 3.04. The van der Waals surface area contributed by atoms with Gasteiger partial charge in [0.15, 0.2) is 0 Å². The van der Waals surface area contributed by atoms with Crippen LogP contribution in [0.2, 0.25) is 0 Å². The Bertz CT molecular complexity index is 571. The molecule has 2 aliphatic rings. The van der Waals surface area contributed by atoms with Gasteiger partial charge in [-0.25, -0.2) is 4.98 Å². The van der Waals surface area contributed by atoms with E-state index in [0.29, 0.717) is 21.7 Å². The van der Waals surface area contributed by atoms with E-state index in [9.17, 15) is 4.79 Å². The smallest absolute Gasteiger partial charge is 0.264 e. The van der Waals surface area contributed by atoms with Gasteiger partial charge in [-0.2, -0.15) is 11.8 Å². The highest BCUT2D eigenvalue weighted by Crippen LogP contribution is 2.43. The molecule has 2 fully saturated rings. The summed E-state index contributed by atoms with van der Waals surface area (Å²) in [6.07, 6.45) is 4.91. The molecular weight excluding hydrogens is 415 g/mol. The number of hydrogen-bond donors (Lipinski definition) is 1. The van der Waals surface area contributed by atoms with Crippen molar-refractivity contribution in [3.8, 4) is 0 Å². The van der Waals surface area contributed by atoms with Crippen LogP contribution in [0.15, 0.2) is 4.79 Å². The third kappa shape index (κ3) is 3.47. The Kier molecular flexibility index (Phi) is 5.26. The summed E-state index contributed by atoms with van der Waals surface area (Å²) in [6, 6.07) is 0. The van der Waals surface area contributed by atoms with Crippen molar-refractivity contribution in [1.29, 1.82) is 0 Å². The highest BCUT2D eigenvalue weighted by atomic mass is 127. The second kappa shape index (κ2) is 6.83. The van der Waals surface area contributed by atoms with Crippen LogP contribution in [0, 0.1) is 3.57 Å². The molecule has 0 aromatic carbocycles. The normalized spacial score (nSPS) is 30.7.